The smallest absolute Gasteiger partial charge is 0.310 e. The van der Waals surface area contributed by atoms with E-state index in [0.717, 1.165) is 12.1 Å². The minimum Gasteiger partial charge on any atom is -0.427 e. The monoisotopic (exact) mass is 290 g/mol. The standard InChI is InChI=1S/C16H12F2O3/c1-2-14(19)21-11-8-6-10(7-9-11)16(20)15-12(17)4-3-5-13(15)18/h3-9H,2H2,1H3. The van der Waals surface area contributed by atoms with E-state index < -0.39 is 29.0 Å². The molecule has 0 amide bonds. The molecule has 5 heteroatoms. The number of benzene rings is 2. The van der Waals surface area contributed by atoms with Crippen LogP contribution in [0, 0.1) is 11.6 Å². The van der Waals surface area contributed by atoms with E-state index in [1.807, 2.05) is 0 Å². The lowest BCUT2D eigenvalue weighted by atomic mass is 10.0. The lowest BCUT2D eigenvalue weighted by molar-refractivity contribution is -0.134. The molecule has 0 saturated carbocycles. The summed E-state index contributed by atoms with van der Waals surface area (Å²) in [5.74, 6) is -2.73. The van der Waals surface area contributed by atoms with Crippen molar-refractivity contribution >= 4 is 11.8 Å². The summed E-state index contributed by atoms with van der Waals surface area (Å²) in [4.78, 5) is 23.2. The quantitative estimate of drug-likeness (QED) is 0.491. The van der Waals surface area contributed by atoms with Gasteiger partial charge in [0.2, 0.25) is 0 Å². The van der Waals surface area contributed by atoms with Crippen molar-refractivity contribution in [1.82, 2.24) is 0 Å². The van der Waals surface area contributed by atoms with Crippen LogP contribution in [-0.4, -0.2) is 11.8 Å². The van der Waals surface area contributed by atoms with Crippen LogP contribution in [0.25, 0.3) is 0 Å². The molecule has 0 unspecified atom stereocenters. The Labute approximate surface area is 120 Å². The van der Waals surface area contributed by atoms with E-state index in [4.69, 9.17) is 4.74 Å². The van der Waals surface area contributed by atoms with E-state index in [1.165, 1.54) is 30.3 Å². The molecule has 0 saturated heterocycles. The summed E-state index contributed by atoms with van der Waals surface area (Å²) in [6, 6.07) is 8.74. The van der Waals surface area contributed by atoms with Crippen molar-refractivity contribution in [2.24, 2.45) is 0 Å². The highest BCUT2D eigenvalue weighted by Gasteiger charge is 2.18. The maximum Gasteiger partial charge on any atom is 0.310 e. The fraction of sp³-hybridized carbons (Fsp3) is 0.125. The number of carbonyl (C=O) groups is 2. The summed E-state index contributed by atoms with van der Waals surface area (Å²) in [5, 5.41) is 0. The van der Waals surface area contributed by atoms with Gasteiger partial charge >= 0.3 is 5.97 Å². The molecular formula is C16H12F2O3. The number of ether oxygens (including phenoxy) is 1. The summed E-state index contributed by atoms with van der Waals surface area (Å²) in [7, 11) is 0. The van der Waals surface area contributed by atoms with Crippen LogP contribution < -0.4 is 4.74 Å². The van der Waals surface area contributed by atoms with Gasteiger partial charge in [-0.15, -0.1) is 0 Å². The Morgan fingerprint density at radius 2 is 1.57 bits per heavy atom. The first-order valence-electron chi connectivity index (χ1n) is 6.32. The van der Waals surface area contributed by atoms with Gasteiger partial charge in [-0.1, -0.05) is 13.0 Å². The predicted molar refractivity (Wildman–Crippen MR) is 72.2 cm³/mol. The van der Waals surface area contributed by atoms with Crippen LogP contribution in [0.3, 0.4) is 0 Å². The van der Waals surface area contributed by atoms with Gasteiger partial charge < -0.3 is 4.74 Å². The zero-order chi connectivity index (χ0) is 15.4. The summed E-state index contributed by atoms with van der Waals surface area (Å²) in [6.07, 6.45) is 0.223. The van der Waals surface area contributed by atoms with Gasteiger partial charge in [0.15, 0.2) is 5.78 Å². The molecule has 108 valence electrons. The summed E-state index contributed by atoms with van der Waals surface area (Å²) in [6.45, 7) is 1.65. The van der Waals surface area contributed by atoms with Crippen LogP contribution in [0.15, 0.2) is 42.5 Å². The molecule has 0 N–H and O–H groups in total. The molecule has 0 bridgehead atoms. The second-order valence-corrected chi connectivity index (χ2v) is 4.28. The lowest BCUT2D eigenvalue weighted by Gasteiger charge is -2.06. The largest absolute Gasteiger partial charge is 0.427 e. The molecule has 0 aromatic heterocycles. The van der Waals surface area contributed by atoms with Gasteiger partial charge in [0.05, 0.1) is 5.56 Å². The molecule has 0 fully saturated rings. The molecule has 0 spiro atoms. The highest BCUT2D eigenvalue weighted by molar-refractivity contribution is 6.09. The number of hydrogen-bond acceptors (Lipinski definition) is 3. The SMILES string of the molecule is CCC(=O)Oc1ccc(C(=O)c2c(F)cccc2F)cc1. The van der Waals surface area contributed by atoms with Crippen LogP contribution in [0.2, 0.25) is 0 Å². The van der Waals surface area contributed by atoms with Crippen molar-refractivity contribution in [3.05, 3.63) is 65.2 Å². The van der Waals surface area contributed by atoms with Crippen molar-refractivity contribution in [2.75, 3.05) is 0 Å². The topological polar surface area (TPSA) is 43.4 Å². The number of esters is 1. The van der Waals surface area contributed by atoms with Crippen molar-refractivity contribution in [1.29, 1.82) is 0 Å². The summed E-state index contributed by atoms with van der Waals surface area (Å²) >= 11 is 0. The van der Waals surface area contributed by atoms with Gasteiger partial charge in [0, 0.05) is 12.0 Å². The van der Waals surface area contributed by atoms with Crippen molar-refractivity contribution < 1.29 is 23.1 Å². The summed E-state index contributed by atoms with van der Waals surface area (Å²) in [5.41, 5.74) is -0.494. The van der Waals surface area contributed by atoms with E-state index >= 15 is 0 Å². The van der Waals surface area contributed by atoms with Gasteiger partial charge in [0.25, 0.3) is 0 Å². The molecule has 2 aromatic carbocycles. The zero-order valence-electron chi connectivity index (χ0n) is 11.2. The van der Waals surface area contributed by atoms with Gasteiger partial charge in [-0.25, -0.2) is 8.78 Å². The highest BCUT2D eigenvalue weighted by Crippen LogP contribution is 2.19. The molecule has 0 aliphatic rings. The fourth-order valence-corrected chi connectivity index (χ4v) is 1.74. The number of hydrogen-bond donors (Lipinski definition) is 0. The van der Waals surface area contributed by atoms with Crippen molar-refractivity contribution in [3.8, 4) is 5.75 Å². The van der Waals surface area contributed by atoms with Gasteiger partial charge in [0.1, 0.15) is 17.4 Å². The molecular weight excluding hydrogens is 278 g/mol. The Kier molecular flexibility index (Phi) is 4.42. The second-order valence-electron chi connectivity index (χ2n) is 4.28. The van der Waals surface area contributed by atoms with Crippen molar-refractivity contribution in [2.45, 2.75) is 13.3 Å². The minimum absolute atomic E-state index is 0.107. The lowest BCUT2D eigenvalue weighted by Crippen LogP contribution is -2.08. The van der Waals surface area contributed by atoms with Gasteiger partial charge in [-0.2, -0.15) is 0 Å². The van der Waals surface area contributed by atoms with E-state index in [0.29, 0.717) is 0 Å². The van der Waals surface area contributed by atoms with E-state index in [1.54, 1.807) is 6.92 Å². The molecule has 21 heavy (non-hydrogen) atoms. The predicted octanol–water partition coefficient (Wildman–Crippen LogP) is 3.51. The third kappa shape index (κ3) is 3.31. The molecule has 0 radical (unpaired) electrons. The Hall–Kier alpha value is -2.56. The van der Waals surface area contributed by atoms with Crippen LogP contribution >= 0.6 is 0 Å². The van der Waals surface area contributed by atoms with Crippen LogP contribution in [-0.2, 0) is 4.79 Å². The number of rotatable bonds is 4. The molecule has 2 aromatic rings. The van der Waals surface area contributed by atoms with Crippen LogP contribution in [0.5, 0.6) is 5.75 Å². The van der Waals surface area contributed by atoms with E-state index in [2.05, 4.69) is 0 Å². The Balaban J connectivity index is 2.26. The molecule has 0 heterocycles. The van der Waals surface area contributed by atoms with Gasteiger partial charge in [-0.3, -0.25) is 9.59 Å². The minimum atomic E-state index is -0.915. The summed E-state index contributed by atoms with van der Waals surface area (Å²) < 4.78 is 32.1. The van der Waals surface area contributed by atoms with Gasteiger partial charge in [-0.05, 0) is 36.4 Å². The third-order valence-electron chi connectivity index (χ3n) is 2.83. The van der Waals surface area contributed by atoms with Crippen LogP contribution in [0.4, 0.5) is 8.78 Å². The normalized spacial score (nSPS) is 10.2. The Morgan fingerprint density at radius 3 is 2.10 bits per heavy atom. The number of halogens is 2. The number of carbonyl (C=O) groups excluding carboxylic acids is 2. The second kappa shape index (κ2) is 6.26. The molecule has 0 aliphatic heterocycles. The molecule has 2 rings (SSSR count). The maximum absolute atomic E-state index is 13.6. The Morgan fingerprint density at radius 1 is 1.00 bits per heavy atom. The van der Waals surface area contributed by atoms with Crippen molar-refractivity contribution in [3.63, 3.8) is 0 Å². The number of ketones is 1. The van der Waals surface area contributed by atoms with Crippen LogP contribution in [0.1, 0.15) is 29.3 Å². The van der Waals surface area contributed by atoms with E-state index in [-0.39, 0.29) is 17.7 Å². The third-order valence-corrected chi connectivity index (χ3v) is 2.83. The zero-order valence-corrected chi connectivity index (χ0v) is 11.2. The molecule has 0 atom stereocenters. The average Bonchev–Trinajstić information content (AvgIpc) is 2.47. The Bertz CT molecular complexity index is 658. The first kappa shape index (κ1) is 14.8. The fourth-order valence-electron chi connectivity index (χ4n) is 1.74. The first-order chi connectivity index (χ1) is 10.0. The molecule has 0 aliphatic carbocycles. The van der Waals surface area contributed by atoms with E-state index in [9.17, 15) is 18.4 Å². The first-order valence-corrected chi connectivity index (χ1v) is 6.32. The molecule has 3 nitrogen and oxygen atoms in total. The average molecular weight is 290 g/mol. The maximum atomic E-state index is 13.6. The highest BCUT2D eigenvalue weighted by atomic mass is 19.1.